The maximum absolute atomic E-state index is 13.6. The van der Waals surface area contributed by atoms with Gasteiger partial charge in [0, 0.05) is 42.5 Å². The summed E-state index contributed by atoms with van der Waals surface area (Å²) in [5.41, 5.74) is 3.33. The van der Waals surface area contributed by atoms with Crippen molar-refractivity contribution in [2.24, 2.45) is 0 Å². The Bertz CT molecular complexity index is 1420. The minimum Gasteiger partial charge on any atom is -0.369 e. The van der Waals surface area contributed by atoms with Gasteiger partial charge in [0.15, 0.2) is 0 Å². The SMILES string of the molecule is Cc1ccc(Cl)cc1N1CCN(S(=O)(=O)c2ccccc2-c2nc(-c3ccccc3)no2)CC1. The molecule has 34 heavy (non-hydrogen) atoms. The summed E-state index contributed by atoms with van der Waals surface area (Å²) in [6.45, 7) is 3.89. The van der Waals surface area contributed by atoms with Crippen LogP contribution in [0.4, 0.5) is 5.69 Å². The van der Waals surface area contributed by atoms with Gasteiger partial charge in [-0.1, -0.05) is 65.3 Å². The highest BCUT2D eigenvalue weighted by Crippen LogP contribution is 2.31. The first kappa shape index (κ1) is 22.6. The van der Waals surface area contributed by atoms with Gasteiger partial charge in [0.05, 0.1) is 10.5 Å². The average Bonchev–Trinajstić information content (AvgIpc) is 3.36. The van der Waals surface area contributed by atoms with Gasteiger partial charge in [0.1, 0.15) is 0 Å². The van der Waals surface area contributed by atoms with Crippen LogP contribution in [-0.4, -0.2) is 49.0 Å². The molecule has 9 heteroatoms. The number of hydrogen-bond donors (Lipinski definition) is 0. The number of halogens is 1. The van der Waals surface area contributed by atoms with Crippen LogP contribution in [0, 0.1) is 6.92 Å². The molecular weight excluding hydrogens is 472 g/mol. The molecule has 0 bridgehead atoms. The second kappa shape index (κ2) is 9.21. The van der Waals surface area contributed by atoms with Crippen LogP contribution < -0.4 is 4.90 Å². The molecular formula is C25H23ClN4O3S. The van der Waals surface area contributed by atoms with E-state index in [1.165, 1.54) is 4.31 Å². The highest BCUT2D eigenvalue weighted by atomic mass is 35.5. The number of anilines is 1. The number of nitrogens with zero attached hydrogens (tertiary/aromatic N) is 4. The van der Waals surface area contributed by atoms with Crippen molar-refractivity contribution in [1.82, 2.24) is 14.4 Å². The zero-order valence-electron chi connectivity index (χ0n) is 18.6. The summed E-state index contributed by atoms with van der Waals surface area (Å²) in [5.74, 6) is 0.583. The molecule has 1 saturated heterocycles. The molecule has 0 unspecified atom stereocenters. The molecule has 174 valence electrons. The highest BCUT2D eigenvalue weighted by Gasteiger charge is 2.32. The predicted molar refractivity (Wildman–Crippen MR) is 132 cm³/mol. The van der Waals surface area contributed by atoms with Gasteiger partial charge in [-0.05, 0) is 36.8 Å². The second-order valence-corrected chi connectivity index (χ2v) is 10.5. The number of aromatic nitrogens is 2. The van der Waals surface area contributed by atoms with E-state index in [-0.39, 0.29) is 10.8 Å². The number of rotatable bonds is 5. The van der Waals surface area contributed by atoms with E-state index in [9.17, 15) is 8.42 Å². The third-order valence-electron chi connectivity index (χ3n) is 5.94. The molecule has 1 fully saturated rings. The Kier molecular flexibility index (Phi) is 6.12. The van der Waals surface area contributed by atoms with E-state index in [1.807, 2.05) is 55.5 Å². The summed E-state index contributed by atoms with van der Waals surface area (Å²) in [5, 5.41) is 4.71. The standard InChI is InChI=1S/C25H23ClN4O3S/c1-18-11-12-20(26)17-22(18)29-13-15-30(16-14-29)34(31,32)23-10-6-5-9-21(23)25-27-24(28-33-25)19-7-3-2-4-8-19/h2-12,17H,13-16H2,1H3. The molecule has 0 atom stereocenters. The van der Waals surface area contributed by atoms with E-state index >= 15 is 0 Å². The summed E-state index contributed by atoms with van der Waals surface area (Å²) in [4.78, 5) is 6.79. The van der Waals surface area contributed by atoms with E-state index in [0.29, 0.717) is 42.6 Å². The highest BCUT2D eigenvalue weighted by molar-refractivity contribution is 7.89. The van der Waals surface area contributed by atoms with Crippen molar-refractivity contribution < 1.29 is 12.9 Å². The normalized spacial score (nSPS) is 14.9. The van der Waals surface area contributed by atoms with Crippen LogP contribution in [0.15, 0.2) is 82.2 Å². The van der Waals surface area contributed by atoms with Gasteiger partial charge >= 0.3 is 0 Å². The van der Waals surface area contributed by atoms with Crippen LogP contribution in [0.5, 0.6) is 0 Å². The first-order valence-electron chi connectivity index (χ1n) is 10.9. The number of aryl methyl sites for hydroxylation is 1. The van der Waals surface area contributed by atoms with Crippen LogP contribution in [0.3, 0.4) is 0 Å². The molecule has 0 amide bonds. The fourth-order valence-corrected chi connectivity index (χ4v) is 5.91. The Labute approximate surface area is 203 Å². The topological polar surface area (TPSA) is 79.5 Å². The summed E-state index contributed by atoms with van der Waals surface area (Å²) >= 11 is 6.18. The summed E-state index contributed by atoms with van der Waals surface area (Å²) in [6.07, 6.45) is 0. The van der Waals surface area contributed by atoms with E-state index in [0.717, 1.165) is 16.8 Å². The fraction of sp³-hybridized carbons (Fsp3) is 0.200. The number of benzene rings is 3. The second-order valence-electron chi connectivity index (χ2n) is 8.11. The van der Waals surface area contributed by atoms with Crippen LogP contribution >= 0.6 is 11.6 Å². The lowest BCUT2D eigenvalue weighted by Gasteiger charge is -2.36. The van der Waals surface area contributed by atoms with Crippen LogP contribution in [-0.2, 0) is 10.0 Å². The molecule has 4 aromatic rings. The van der Waals surface area contributed by atoms with E-state index in [4.69, 9.17) is 16.1 Å². The van der Waals surface area contributed by atoms with E-state index < -0.39 is 10.0 Å². The summed E-state index contributed by atoms with van der Waals surface area (Å²) in [7, 11) is -3.77. The van der Waals surface area contributed by atoms with Crippen molar-refractivity contribution >= 4 is 27.3 Å². The smallest absolute Gasteiger partial charge is 0.259 e. The molecule has 5 rings (SSSR count). The molecule has 1 aliphatic rings. The predicted octanol–water partition coefficient (Wildman–Crippen LogP) is 4.88. The molecule has 0 N–H and O–H groups in total. The lowest BCUT2D eigenvalue weighted by atomic mass is 10.1. The first-order chi connectivity index (χ1) is 16.4. The lowest BCUT2D eigenvalue weighted by molar-refractivity contribution is 0.384. The van der Waals surface area contributed by atoms with E-state index in [1.54, 1.807) is 24.3 Å². The van der Waals surface area contributed by atoms with Gasteiger partial charge in [-0.15, -0.1) is 0 Å². The molecule has 2 heterocycles. The number of piperazine rings is 1. The maximum atomic E-state index is 13.6. The molecule has 0 radical (unpaired) electrons. The van der Waals surface area contributed by atoms with Crippen molar-refractivity contribution in [3.63, 3.8) is 0 Å². The van der Waals surface area contributed by atoms with Gasteiger partial charge in [-0.2, -0.15) is 9.29 Å². The Balaban J connectivity index is 1.40. The molecule has 1 aromatic heterocycles. The van der Waals surface area contributed by atoms with Crippen molar-refractivity contribution in [2.45, 2.75) is 11.8 Å². The molecule has 0 spiro atoms. The largest absolute Gasteiger partial charge is 0.369 e. The Hall–Kier alpha value is -3.20. The molecule has 0 aliphatic carbocycles. The Morgan fingerprint density at radius 3 is 2.38 bits per heavy atom. The number of hydrogen-bond acceptors (Lipinski definition) is 6. The van der Waals surface area contributed by atoms with Crippen molar-refractivity contribution in [3.8, 4) is 22.8 Å². The zero-order valence-corrected chi connectivity index (χ0v) is 20.1. The Morgan fingerprint density at radius 1 is 0.912 bits per heavy atom. The fourth-order valence-electron chi connectivity index (χ4n) is 4.14. The van der Waals surface area contributed by atoms with Gasteiger partial charge in [0.25, 0.3) is 5.89 Å². The quantitative estimate of drug-likeness (QED) is 0.393. The molecule has 7 nitrogen and oxygen atoms in total. The lowest BCUT2D eigenvalue weighted by Crippen LogP contribution is -2.48. The summed E-state index contributed by atoms with van der Waals surface area (Å²) in [6, 6.07) is 21.9. The van der Waals surface area contributed by atoms with Gasteiger partial charge in [-0.25, -0.2) is 8.42 Å². The average molecular weight is 495 g/mol. The Morgan fingerprint density at radius 2 is 1.62 bits per heavy atom. The van der Waals surface area contributed by atoms with Gasteiger partial charge in [0.2, 0.25) is 15.8 Å². The third-order valence-corrected chi connectivity index (χ3v) is 8.14. The number of sulfonamides is 1. The van der Waals surface area contributed by atoms with Crippen molar-refractivity contribution in [2.75, 3.05) is 31.1 Å². The first-order valence-corrected chi connectivity index (χ1v) is 12.7. The van der Waals surface area contributed by atoms with Crippen molar-refractivity contribution in [3.05, 3.63) is 83.4 Å². The third kappa shape index (κ3) is 4.32. The molecule has 0 saturated carbocycles. The van der Waals surface area contributed by atoms with Crippen molar-refractivity contribution in [1.29, 1.82) is 0 Å². The molecule has 3 aromatic carbocycles. The van der Waals surface area contributed by atoms with Crippen LogP contribution in [0.2, 0.25) is 5.02 Å². The maximum Gasteiger partial charge on any atom is 0.259 e. The molecule has 1 aliphatic heterocycles. The minimum absolute atomic E-state index is 0.158. The van der Waals surface area contributed by atoms with Crippen LogP contribution in [0.1, 0.15) is 5.56 Å². The zero-order chi connectivity index (χ0) is 23.7. The van der Waals surface area contributed by atoms with Gasteiger partial charge in [-0.3, -0.25) is 0 Å². The van der Waals surface area contributed by atoms with Crippen LogP contribution in [0.25, 0.3) is 22.8 Å². The monoisotopic (exact) mass is 494 g/mol. The van der Waals surface area contributed by atoms with Gasteiger partial charge < -0.3 is 9.42 Å². The van der Waals surface area contributed by atoms with E-state index in [2.05, 4.69) is 15.0 Å². The summed E-state index contributed by atoms with van der Waals surface area (Å²) < 4.78 is 34.2. The minimum atomic E-state index is -3.77.